The predicted octanol–water partition coefficient (Wildman–Crippen LogP) is 1.23. The van der Waals surface area contributed by atoms with Crippen molar-refractivity contribution >= 4 is 27.5 Å². The van der Waals surface area contributed by atoms with E-state index in [0.29, 0.717) is 6.42 Å². The standard InChI is InChI=1S/C9H12BrN3O/c1-6-8(4-11-12(6)2)13-5-7(10)3-9(13)14/h4,7H,3,5H2,1-2H3. The molecule has 1 fully saturated rings. The van der Waals surface area contributed by atoms with Crippen LogP contribution in [0.25, 0.3) is 0 Å². The zero-order valence-corrected chi connectivity index (χ0v) is 9.78. The highest BCUT2D eigenvalue weighted by molar-refractivity contribution is 9.09. The van der Waals surface area contributed by atoms with E-state index in [1.165, 1.54) is 0 Å². The van der Waals surface area contributed by atoms with Gasteiger partial charge in [-0.1, -0.05) is 15.9 Å². The summed E-state index contributed by atoms with van der Waals surface area (Å²) in [7, 11) is 1.88. The number of aromatic nitrogens is 2. The lowest BCUT2D eigenvalue weighted by atomic mass is 10.3. The number of hydrogen-bond acceptors (Lipinski definition) is 2. The summed E-state index contributed by atoms with van der Waals surface area (Å²) in [5, 5.41) is 4.13. The van der Waals surface area contributed by atoms with E-state index in [1.54, 1.807) is 15.8 Å². The number of hydrogen-bond donors (Lipinski definition) is 0. The van der Waals surface area contributed by atoms with E-state index >= 15 is 0 Å². The molecule has 0 aliphatic carbocycles. The maximum atomic E-state index is 11.6. The summed E-state index contributed by atoms with van der Waals surface area (Å²) in [6, 6.07) is 0. The molecule has 0 radical (unpaired) electrons. The van der Waals surface area contributed by atoms with Crippen molar-refractivity contribution in [3.8, 4) is 0 Å². The van der Waals surface area contributed by atoms with Gasteiger partial charge in [-0.15, -0.1) is 0 Å². The van der Waals surface area contributed by atoms with Gasteiger partial charge in [-0.05, 0) is 6.92 Å². The minimum atomic E-state index is 0.169. The van der Waals surface area contributed by atoms with Gasteiger partial charge >= 0.3 is 0 Å². The second-order valence-electron chi connectivity index (χ2n) is 3.54. The molecule has 0 saturated carbocycles. The molecule has 5 heteroatoms. The average Bonchev–Trinajstić information content (AvgIpc) is 2.59. The second-order valence-corrected chi connectivity index (χ2v) is 4.84. The Morgan fingerprint density at radius 2 is 2.36 bits per heavy atom. The Morgan fingerprint density at radius 1 is 1.64 bits per heavy atom. The van der Waals surface area contributed by atoms with Crippen LogP contribution in [0.4, 0.5) is 5.69 Å². The number of carbonyl (C=O) groups is 1. The van der Waals surface area contributed by atoms with Gasteiger partial charge in [0.1, 0.15) is 0 Å². The zero-order chi connectivity index (χ0) is 10.3. The summed E-state index contributed by atoms with van der Waals surface area (Å²) in [6.07, 6.45) is 2.33. The molecule has 1 aromatic rings. The van der Waals surface area contributed by atoms with Crippen molar-refractivity contribution in [2.24, 2.45) is 7.05 Å². The molecule has 1 aliphatic rings. The van der Waals surface area contributed by atoms with E-state index in [1.807, 2.05) is 14.0 Å². The van der Waals surface area contributed by atoms with Crippen LogP contribution in [0.2, 0.25) is 0 Å². The van der Waals surface area contributed by atoms with Gasteiger partial charge < -0.3 is 4.90 Å². The largest absolute Gasteiger partial charge is 0.308 e. The van der Waals surface area contributed by atoms with Crippen molar-refractivity contribution in [3.63, 3.8) is 0 Å². The number of nitrogens with zero attached hydrogens (tertiary/aromatic N) is 3. The molecule has 76 valence electrons. The van der Waals surface area contributed by atoms with E-state index < -0.39 is 0 Å². The maximum Gasteiger partial charge on any atom is 0.228 e. The first-order valence-corrected chi connectivity index (χ1v) is 5.44. The van der Waals surface area contributed by atoms with Crippen molar-refractivity contribution in [1.82, 2.24) is 9.78 Å². The molecule has 1 saturated heterocycles. The van der Waals surface area contributed by atoms with Crippen LogP contribution in [-0.4, -0.2) is 27.1 Å². The summed E-state index contributed by atoms with van der Waals surface area (Å²) in [5.41, 5.74) is 1.96. The molecule has 14 heavy (non-hydrogen) atoms. The van der Waals surface area contributed by atoms with E-state index in [9.17, 15) is 4.79 Å². The van der Waals surface area contributed by atoms with Crippen LogP contribution < -0.4 is 4.90 Å². The van der Waals surface area contributed by atoms with Crippen LogP contribution in [0.5, 0.6) is 0 Å². The third-order valence-electron chi connectivity index (χ3n) is 2.58. The maximum absolute atomic E-state index is 11.6. The first kappa shape index (κ1) is 9.71. The Morgan fingerprint density at radius 3 is 2.79 bits per heavy atom. The van der Waals surface area contributed by atoms with Crippen LogP contribution in [0, 0.1) is 6.92 Å². The molecule has 1 aliphatic heterocycles. The molecule has 4 nitrogen and oxygen atoms in total. The fourth-order valence-corrected chi connectivity index (χ4v) is 2.22. The van der Waals surface area contributed by atoms with Crippen molar-refractivity contribution in [1.29, 1.82) is 0 Å². The minimum Gasteiger partial charge on any atom is -0.308 e. The topological polar surface area (TPSA) is 38.1 Å². The highest BCUT2D eigenvalue weighted by atomic mass is 79.9. The lowest BCUT2D eigenvalue weighted by Gasteiger charge is -2.14. The number of halogens is 1. The molecule has 0 spiro atoms. The van der Waals surface area contributed by atoms with Gasteiger partial charge in [-0.3, -0.25) is 9.48 Å². The van der Waals surface area contributed by atoms with E-state index in [0.717, 1.165) is 17.9 Å². The normalized spacial score (nSPS) is 22.1. The number of alkyl halides is 1. The van der Waals surface area contributed by atoms with Gasteiger partial charge in [0.25, 0.3) is 0 Å². The fraction of sp³-hybridized carbons (Fsp3) is 0.556. The van der Waals surface area contributed by atoms with Gasteiger partial charge in [0.05, 0.1) is 17.6 Å². The van der Waals surface area contributed by atoms with Crippen molar-refractivity contribution in [2.45, 2.75) is 18.2 Å². The molecule has 1 aromatic heterocycles. The van der Waals surface area contributed by atoms with Crippen LogP contribution in [0.3, 0.4) is 0 Å². The van der Waals surface area contributed by atoms with Gasteiger partial charge in [0, 0.05) is 24.8 Å². The average molecular weight is 258 g/mol. The minimum absolute atomic E-state index is 0.169. The SMILES string of the molecule is Cc1c(N2CC(Br)CC2=O)cnn1C. The molecule has 1 atom stereocenters. The molecular formula is C9H12BrN3O. The van der Waals surface area contributed by atoms with Gasteiger partial charge in [0.15, 0.2) is 0 Å². The third-order valence-corrected chi connectivity index (χ3v) is 3.19. The fourth-order valence-electron chi connectivity index (χ4n) is 1.65. The zero-order valence-electron chi connectivity index (χ0n) is 8.20. The molecule has 0 bridgehead atoms. The summed E-state index contributed by atoms with van der Waals surface area (Å²) >= 11 is 3.46. The Hall–Kier alpha value is -0.840. The quantitative estimate of drug-likeness (QED) is 0.710. The highest BCUT2D eigenvalue weighted by Crippen LogP contribution is 2.27. The Labute approximate surface area is 91.0 Å². The summed E-state index contributed by atoms with van der Waals surface area (Å²) in [6.45, 7) is 2.71. The lowest BCUT2D eigenvalue weighted by molar-refractivity contribution is -0.117. The van der Waals surface area contributed by atoms with E-state index in [-0.39, 0.29) is 10.7 Å². The van der Waals surface area contributed by atoms with Crippen molar-refractivity contribution < 1.29 is 4.79 Å². The Balaban J connectivity index is 2.32. The van der Waals surface area contributed by atoms with Crippen LogP contribution >= 0.6 is 15.9 Å². The van der Waals surface area contributed by atoms with Crippen LogP contribution in [-0.2, 0) is 11.8 Å². The highest BCUT2D eigenvalue weighted by Gasteiger charge is 2.30. The smallest absolute Gasteiger partial charge is 0.228 e. The molecular weight excluding hydrogens is 246 g/mol. The van der Waals surface area contributed by atoms with E-state index in [4.69, 9.17) is 0 Å². The second kappa shape index (κ2) is 3.38. The van der Waals surface area contributed by atoms with Gasteiger partial charge in [-0.25, -0.2) is 0 Å². The number of aryl methyl sites for hydroxylation is 1. The van der Waals surface area contributed by atoms with Gasteiger partial charge in [0.2, 0.25) is 5.91 Å². The van der Waals surface area contributed by atoms with Crippen LogP contribution in [0.1, 0.15) is 12.1 Å². The Kier molecular flexibility index (Phi) is 2.34. The number of carbonyl (C=O) groups excluding carboxylic acids is 1. The first-order chi connectivity index (χ1) is 6.59. The van der Waals surface area contributed by atoms with Gasteiger partial charge in [-0.2, -0.15) is 5.10 Å². The molecule has 2 rings (SSSR count). The number of anilines is 1. The first-order valence-electron chi connectivity index (χ1n) is 4.52. The summed E-state index contributed by atoms with van der Waals surface area (Å²) in [4.78, 5) is 13.7. The number of rotatable bonds is 1. The molecule has 0 aromatic carbocycles. The third kappa shape index (κ3) is 1.45. The summed E-state index contributed by atoms with van der Waals surface area (Å²) < 4.78 is 1.78. The predicted molar refractivity (Wildman–Crippen MR) is 57.6 cm³/mol. The van der Waals surface area contributed by atoms with Crippen molar-refractivity contribution in [3.05, 3.63) is 11.9 Å². The molecule has 1 unspecified atom stereocenters. The molecule has 0 N–H and O–H groups in total. The molecule has 2 heterocycles. The Bertz CT molecular complexity index is 374. The number of amides is 1. The lowest BCUT2D eigenvalue weighted by Crippen LogP contribution is -2.24. The van der Waals surface area contributed by atoms with Crippen LogP contribution in [0.15, 0.2) is 6.20 Å². The molecule has 1 amide bonds. The van der Waals surface area contributed by atoms with E-state index in [2.05, 4.69) is 21.0 Å². The monoisotopic (exact) mass is 257 g/mol. The summed E-state index contributed by atoms with van der Waals surface area (Å²) in [5.74, 6) is 0.169. The van der Waals surface area contributed by atoms with Crippen molar-refractivity contribution in [2.75, 3.05) is 11.4 Å².